The van der Waals surface area contributed by atoms with Gasteiger partial charge in [0.2, 0.25) is 5.91 Å². The lowest BCUT2D eigenvalue weighted by atomic mass is 10.0. The Morgan fingerprint density at radius 3 is 2.47 bits per heavy atom. The standard InChI is InChI=1S/C14H22N2O/c1-5-12(8-15)14(17)16-13-7-6-9(2)10(3)11(13)4/h6-7,12H,5,8,15H2,1-4H3,(H,16,17). The lowest BCUT2D eigenvalue weighted by Gasteiger charge is -2.16. The Hall–Kier alpha value is -1.35. The zero-order valence-corrected chi connectivity index (χ0v) is 11.1. The lowest BCUT2D eigenvalue weighted by molar-refractivity contribution is -0.119. The number of nitrogens with two attached hydrogens (primary N) is 1. The molecule has 3 heteroatoms. The summed E-state index contributed by atoms with van der Waals surface area (Å²) in [5.74, 6) is -0.0858. The Morgan fingerprint density at radius 1 is 1.29 bits per heavy atom. The van der Waals surface area contributed by atoms with Gasteiger partial charge in [-0.15, -0.1) is 0 Å². The molecule has 1 amide bonds. The van der Waals surface area contributed by atoms with Gasteiger partial charge in [0.1, 0.15) is 0 Å². The third-order valence-electron chi connectivity index (χ3n) is 3.46. The van der Waals surface area contributed by atoms with Gasteiger partial charge in [-0.3, -0.25) is 4.79 Å². The molecule has 1 rings (SSSR count). The molecule has 94 valence electrons. The maximum atomic E-state index is 11.9. The van der Waals surface area contributed by atoms with Gasteiger partial charge in [-0.1, -0.05) is 13.0 Å². The molecule has 0 aliphatic heterocycles. The highest BCUT2D eigenvalue weighted by molar-refractivity contribution is 5.93. The number of carbonyl (C=O) groups is 1. The van der Waals surface area contributed by atoms with Crippen molar-refractivity contribution in [3.63, 3.8) is 0 Å². The predicted octanol–water partition coefficient (Wildman–Crippen LogP) is 2.54. The normalized spacial score (nSPS) is 12.3. The molecular formula is C14H22N2O. The molecule has 3 N–H and O–H groups in total. The van der Waals surface area contributed by atoms with Crippen LogP contribution in [0.5, 0.6) is 0 Å². The summed E-state index contributed by atoms with van der Waals surface area (Å²) in [4.78, 5) is 11.9. The van der Waals surface area contributed by atoms with Crippen molar-refractivity contribution in [2.75, 3.05) is 11.9 Å². The zero-order chi connectivity index (χ0) is 13.0. The van der Waals surface area contributed by atoms with Crippen molar-refractivity contribution < 1.29 is 4.79 Å². The molecule has 0 saturated carbocycles. The fourth-order valence-electron chi connectivity index (χ4n) is 1.79. The maximum Gasteiger partial charge on any atom is 0.228 e. The molecule has 0 fully saturated rings. The second kappa shape index (κ2) is 5.82. The molecule has 0 aromatic heterocycles. The molecule has 0 radical (unpaired) electrons. The fraction of sp³-hybridized carbons (Fsp3) is 0.500. The van der Waals surface area contributed by atoms with E-state index in [0.717, 1.165) is 17.7 Å². The number of benzene rings is 1. The van der Waals surface area contributed by atoms with E-state index in [1.807, 2.05) is 26.0 Å². The van der Waals surface area contributed by atoms with Crippen LogP contribution >= 0.6 is 0 Å². The van der Waals surface area contributed by atoms with E-state index >= 15 is 0 Å². The molecule has 0 aliphatic rings. The van der Waals surface area contributed by atoms with Crippen molar-refractivity contribution >= 4 is 11.6 Å². The van der Waals surface area contributed by atoms with Crippen LogP contribution < -0.4 is 11.1 Å². The minimum Gasteiger partial charge on any atom is -0.330 e. The van der Waals surface area contributed by atoms with Gasteiger partial charge in [-0.25, -0.2) is 0 Å². The van der Waals surface area contributed by atoms with Crippen LogP contribution in [0.1, 0.15) is 30.0 Å². The average Bonchev–Trinajstić information content (AvgIpc) is 2.31. The van der Waals surface area contributed by atoms with Crippen LogP contribution in [-0.4, -0.2) is 12.5 Å². The van der Waals surface area contributed by atoms with Crippen molar-refractivity contribution in [3.05, 3.63) is 28.8 Å². The van der Waals surface area contributed by atoms with Crippen LogP contribution in [0.4, 0.5) is 5.69 Å². The number of hydrogen-bond acceptors (Lipinski definition) is 2. The van der Waals surface area contributed by atoms with Gasteiger partial charge in [0, 0.05) is 12.2 Å². The summed E-state index contributed by atoms with van der Waals surface area (Å²) in [5.41, 5.74) is 10.1. The number of amides is 1. The average molecular weight is 234 g/mol. The number of rotatable bonds is 4. The highest BCUT2D eigenvalue weighted by Crippen LogP contribution is 2.22. The van der Waals surface area contributed by atoms with Crippen molar-refractivity contribution in [1.29, 1.82) is 0 Å². The first-order valence-electron chi connectivity index (χ1n) is 6.09. The first kappa shape index (κ1) is 13.7. The van der Waals surface area contributed by atoms with Gasteiger partial charge in [0.15, 0.2) is 0 Å². The molecule has 0 heterocycles. The topological polar surface area (TPSA) is 55.1 Å². The van der Waals surface area contributed by atoms with Gasteiger partial charge >= 0.3 is 0 Å². The van der Waals surface area contributed by atoms with Crippen molar-refractivity contribution in [1.82, 2.24) is 0 Å². The molecule has 0 saturated heterocycles. The SMILES string of the molecule is CCC(CN)C(=O)Nc1ccc(C)c(C)c1C. The smallest absolute Gasteiger partial charge is 0.228 e. The summed E-state index contributed by atoms with van der Waals surface area (Å²) in [6.45, 7) is 8.54. The highest BCUT2D eigenvalue weighted by Gasteiger charge is 2.15. The summed E-state index contributed by atoms with van der Waals surface area (Å²) in [5, 5.41) is 2.96. The molecule has 0 spiro atoms. The number of nitrogens with one attached hydrogen (secondary N) is 1. The molecule has 1 unspecified atom stereocenters. The third kappa shape index (κ3) is 3.07. The largest absolute Gasteiger partial charge is 0.330 e. The van der Waals surface area contributed by atoms with E-state index in [4.69, 9.17) is 5.73 Å². The van der Waals surface area contributed by atoms with E-state index < -0.39 is 0 Å². The minimum atomic E-state index is -0.101. The van der Waals surface area contributed by atoms with E-state index in [2.05, 4.69) is 19.2 Å². The van der Waals surface area contributed by atoms with E-state index in [9.17, 15) is 4.79 Å². The van der Waals surface area contributed by atoms with Gasteiger partial charge < -0.3 is 11.1 Å². The van der Waals surface area contributed by atoms with Crippen molar-refractivity contribution in [2.24, 2.45) is 11.7 Å². The summed E-state index contributed by atoms with van der Waals surface area (Å²) < 4.78 is 0. The van der Waals surface area contributed by atoms with E-state index in [0.29, 0.717) is 6.54 Å². The minimum absolute atomic E-state index is 0.0151. The Labute approximate surface area is 103 Å². The number of anilines is 1. The van der Waals surface area contributed by atoms with Crippen LogP contribution in [0.15, 0.2) is 12.1 Å². The number of carbonyl (C=O) groups excluding carboxylic acids is 1. The monoisotopic (exact) mass is 234 g/mol. The summed E-state index contributed by atoms with van der Waals surface area (Å²) in [6, 6.07) is 3.99. The van der Waals surface area contributed by atoms with Crippen molar-refractivity contribution in [2.45, 2.75) is 34.1 Å². The van der Waals surface area contributed by atoms with Gasteiger partial charge in [0.25, 0.3) is 0 Å². The Bertz CT molecular complexity index is 409. The molecule has 1 aromatic carbocycles. The summed E-state index contributed by atoms with van der Waals surface area (Å²) in [7, 11) is 0. The molecular weight excluding hydrogens is 212 g/mol. The van der Waals surface area contributed by atoms with Crippen LogP contribution in [0.3, 0.4) is 0 Å². The van der Waals surface area contributed by atoms with Crippen LogP contribution in [0.25, 0.3) is 0 Å². The zero-order valence-electron chi connectivity index (χ0n) is 11.1. The van der Waals surface area contributed by atoms with Crippen molar-refractivity contribution in [3.8, 4) is 0 Å². The maximum absolute atomic E-state index is 11.9. The van der Waals surface area contributed by atoms with Gasteiger partial charge in [-0.05, 0) is 49.9 Å². The van der Waals surface area contributed by atoms with Crippen LogP contribution in [0.2, 0.25) is 0 Å². The second-order valence-electron chi connectivity index (χ2n) is 4.51. The van der Waals surface area contributed by atoms with Crippen LogP contribution in [-0.2, 0) is 4.79 Å². The molecule has 17 heavy (non-hydrogen) atoms. The van der Waals surface area contributed by atoms with Gasteiger partial charge in [0.05, 0.1) is 5.92 Å². The van der Waals surface area contributed by atoms with E-state index in [-0.39, 0.29) is 11.8 Å². The second-order valence-corrected chi connectivity index (χ2v) is 4.51. The quantitative estimate of drug-likeness (QED) is 0.841. The molecule has 0 aliphatic carbocycles. The number of hydrogen-bond donors (Lipinski definition) is 2. The summed E-state index contributed by atoms with van der Waals surface area (Å²) in [6.07, 6.45) is 0.770. The Kier molecular flexibility index (Phi) is 4.70. The van der Waals surface area contributed by atoms with E-state index in [1.54, 1.807) is 0 Å². The third-order valence-corrected chi connectivity index (χ3v) is 3.46. The molecule has 3 nitrogen and oxygen atoms in total. The first-order chi connectivity index (χ1) is 8.01. The number of aryl methyl sites for hydroxylation is 1. The molecule has 1 atom stereocenters. The lowest BCUT2D eigenvalue weighted by Crippen LogP contribution is -2.29. The van der Waals surface area contributed by atoms with E-state index in [1.165, 1.54) is 11.1 Å². The highest BCUT2D eigenvalue weighted by atomic mass is 16.1. The summed E-state index contributed by atoms with van der Waals surface area (Å²) >= 11 is 0. The molecule has 1 aromatic rings. The first-order valence-corrected chi connectivity index (χ1v) is 6.09. The molecule has 0 bridgehead atoms. The Balaban J connectivity index is 2.89. The predicted molar refractivity (Wildman–Crippen MR) is 72.1 cm³/mol. The van der Waals surface area contributed by atoms with Gasteiger partial charge in [-0.2, -0.15) is 0 Å². The fourth-order valence-corrected chi connectivity index (χ4v) is 1.79. The van der Waals surface area contributed by atoms with Crippen LogP contribution in [0, 0.1) is 26.7 Å². The Morgan fingerprint density at radius 2 is 1.94 bits per heavy atom.